The van der Waals surface area contributed by atoms with Crippen LogP contribution in [0.3, 0.4) is 0 Å². The number of carboxylic acids is 1. The molecule has 2 aliphatic heterocycles. The molecule has 0 aliphatic carbocycles. The second-order valence-corrected chi connectivity index (χ2v) is 26.3. The summed E-state index contributed by atoms with van der Waals surface area (Å²) in [6.07, 6.45) is 1.06. The number of ether oxygens (including phenoxy) is 1. The molecule has 2 amide bonds. The maximum atomic E-state index is 13.6. The van der Waals surface area contributed by atoms with Gasteiger partial charge in [0.25, 0.3) is 11.8 Å². The summed E-state index contributed by atoms with van der Waals surface area (Å²) >= 11 is 3.09. The van der Waals surface area contributed by atoms with Gasteiger partial charge in [0.1, 0.15) is 29.9 Å². The van der Waals surface area contributed by atoms with Crippen molar-refractivity contribution in [3.05, 3.63) is 203 Å². The fourth-order valence-electron chi connectivity index (χ4n) is 10.8. The van der Waals surface area contributed by atoms with Crippen LogP contribution < -0.4 is 31.1 Å². The third-order valence-electron chi connectivity index (χ3n) is 15.5. The molecule has 0 spiro atoms. The molecule has 10 rings (SSSR count). The Balaban J connectivity index is 0.000000226. The first-order valence-corrected chi connectivity index (χ1v) is 33.9. The van der Waals surface area contributed by atoms with Crippen molar-refractivity contribution in [3.8, 4) is 22.5 Å². The number of aliphatic carboxylic acids is 1. The molecular weight excluding hydrogens is 1280 g/mol. The standard InChI is InChI=1S/C38H42F3N5O3S.C34H34F3N5O3S/c1-37(2,3)49-35(47)15-18-50-24-27-10-7-11-28(19-27)36(48)45-32-14-13-30(46-16-5-4-6-17-46)21-31(32)33-22-34(44-25-43-33)42-23-26-9-8-12-29(20-26)38(39,40)41;35-34(36,37)26-9-5-6-23(17-26)20-38-31-19-30(39-22-40-31)28-18-27(42-13-2-1-3-14-42)10-11-29(28)41-33(45)25-8-4-7-24(16-25)21-46-15-12-32(43)44/h7-14,19-22,25H,4-6,15-18,23-24H2,1-3H3,(H,45,48)(H,42,43,44);4-11,16-19,22H,1-3,12-15,20-21H2,(H,41,45)(H,43,44)(H,38,39,40). The van der Waals surface area contributed by atoms with Gasteiger partial charge in [-0.1, -0.05) is 48.5 Å². The zero-order chi connectivity index (χ0) is 68.2. The van der Waals surface area contributed by atoms with E-state index in [1.54, 1.807) is 60.3 Å². The number of halogens is 6. The summed E-state index contributed by atoms with van der Waals surface area (Å²) in [6, 6.07) is 40.1. The van der Waals surface area contributed by atoms with E-state index in [0.29, 0.717) is 97.2 Å². The minimum absolute atomic E-state index is 0.0760. The predicted octanol–water partition coefficient (Wildman–Crippen LogP) is 16.7. The maximum Gasteiger partial charge on any atom is 0.416 e. The zero-order valence-corrected chi connectivity index (χ0v) is 55.1. The second kappa shape index (κ2) is 33.5. The van der Waals surface area contributed by atoms with Gasteiger partial charge in [0.2, 0.25) is 0 Å². The number of nitrogens with zero attached hydrogens (tertiary/aromatic N) is 6. The summed E-state index contributed by atoms with van der Waals surface area (Å²) in [7, 11) is 0. The van der Waals surface area contributed by atoms with E-state index in [4.69, 9.17) is 9.84 Å². The van der Waals surface area contributed by atoms with Crippen LogP contribution in [0.4, 0.5) is 60.7 Å². The third-order valence-corrected chi connectivity index (χ3v) is 17.6. The van der Waals surface area contributed by atoms with Crippen LogP contribution in [0, 0.1) is 0 Å². The number of benzene rings is 6. The Morgan fingerprint density at radius 1 is 0.500 bits per heavy atom. The van der Waals surface area contributed by atoms with Gasteiger partial charge in [-0.05, 0) is 166 Å². The number of carbonyl (C=O) groups excluding carboxylic acids is 3. The van der Waals surface area contributed by atoms with Gasteiger partial charge in [0, 0.05) is 108 Å². The molecule has 24 heteroatoms. The number of hydrogen-bond acceptors (Lipinski definition) is 15. The van der Waals surface area contributed by atoms with Gasteiger partial charge in [-0.3, -0.25) is 19.2 Å². The molecular formula is C72H76F6N10O6S2. The van der Waals surface area contributed by atoms with E-state index in [1.807, 2.05) is 81.4 Å². The van der Waals surface area contributed by atoms with Crippen LogP contribution >= 0.6 is 23.5 Å². The summed E-state index contributed by atoms with van der Waals surface area (Å²) in [5.74, 6) is 1.50. The number of piperidine rings is 2. The number of anilines is 6. The van der Waals surface area contributed by atoms with E-state index in [2.05, 4.69) is 51.0 Å². The maximum absolute atomic E-state index is 13.6. The number of nitrogens with one attached hydrogen (secondary N) is 4. The highest BCUT2D eigenvalue weighted by Gasteiger charge is 2.31. The lowest BCUT2D eigenvalue weighted by Crippen LogP contribution is -2.29. The van der Waals surface area contributed by atoms with E-state index in [-0.39, 0.29) is 37.3 Å². The summed E-state index contributed by atoms with van der Waals surface area (Å²) in [4.78, 5) is 72.1. The molecule has 96 heavy (non-hydrogen) atoms. The van der Waals surface area contributed by atoms with Crippen molar-refractivity contribution in [2.24, 2.45) is 0 Å². The van der Waals surface area contributed by atoms with E-state index < -0.39 is 35.0 Å². The second-order valence-electron chi connectivity index (χ2n) is 24.1. The van der Waals surface area contributed by atoms with Crippen LogP contribution in [-0.4, -0.2) is 92.1 Å². The number of thioether (sulfide) groups is 2. The van der Waals surface area contributed by atoms with Gasteiger partial charge < -0.3 is 40.9 Å². The molecule has 0 unspecified atom stereocenters. The fourth-order valence-corrected chi connectivity index (χ4v) is 12.5. The van der Waals surface area contributed by atoms with E-state index >= 15 is 0 Å². The molecule has 4 heterocycles. The van der Waals surface area contributed by atoms with Crippen molar-refractivity contribution in [3.63, 3.8) is 0 Å². The van der Waals surface area contributed by atoms with Crippen LogP contribution in [-0.2, 0) is 51.3 Å². The van der Waals surface area contributed by atoms with Crippen molar-refractivity contribution in [2.75, 3.05) is 68.8 Å². The van der Waals surface area contributed by atoms with Crippen LogP contribution in [0.5, 0.6) is 0 Å². The quantitative estimate of drug-likeness (QED) is 0.0217. The Morgan fingerprint density at radius 2 is 0.917 bits per heavy atom. The molecule has 16 nitrogen and oxygen atoms in total. The average Bonchev–Trinajstić information content (AvgIpc) is 0.814. The number of esters is 1. The molecule has 2 fully saturated rings. The number of alkyl halides is 6. The topological polar surface area (TPSA) is 204 Å². The Morgan fingerprint density at radius 3 is 1.33 bits per heavy atom. The van der Waals surface area contributed by atoms with Gasteiger partial charge in [-0.25, -0.2) is 19.9 Å². The van der Waals surface area contributed by atoms with Gasteiger partial charge in [0.15, 0.2) is 0 Å². The number of hydrogen-bond donors (Lipinski definition) is 5. The fraction of sp³-hybridized carbons (Fsp3) is 0.333. The Labute approximate surface area is 562 Å². The number of carboxylic acid groups (broad SMARTS) is 1. The van der Waals surface area contributed by atoms with Crippen molar-refractivity contribution in [1.29, 1.82) is 0 Å². The van der Waals surface area contributed by atoms with Gasteiger partial charge >= 0.3 is 24.3 Å². The normalized spacial score (nSPS) is 13.4. The summed E-state index contributed by atoms with van der Waals surface area (Å²) in [5.41, 5.74) is 7.41. The molecule has 5 N–H and O–H groups in total. The van der Waals surface area contributed by atoms with Crippen molar-refractivity contribution in [2.45, 2.75) is 115 Å². The number of rotatable bonds is 24. The Bertz CT molecular complexity index is 3970. The van der Waals surface area contributed by atoms with E-state index in [9.17, 15) is 45.5 Å². The number of amides is 2. The lowest BCUT2D eigenvalue weighted by atomic mass is 10.0. The molecule has 2 aliphatic rings. The first-order valence-electron chi connectivity index (χ1n) is 31.6. The Kier molecular flexibility index (Phi) is 24.8. The monoisotopic (exact) mass is 1350 g/mol. The predicted molar refractivity (Wildman–Crippen MR) is 368 cm³/mol. The molecule has 0 saturated carbocycles. The largest absolute Gasteiger partial charge is 0.481 e. The first-order chi connectivity index (χ1) is 46.0. The summed E-state index contributed by atoms with van der Waals surface area (Å²) in [5, 5.41) is 21.2. The molecule has 2 saturated heterocycles. The molecule has 0 radical (unpaired) electrons. The van der Waals surface area contributed by atoms with Crippen molar-refractivity contribution in [1.82, 2.24) is 19.9 Å². The van der Waals surface area contributed by atoms with Crippen LogP contribution in [0.15, 0.2) is 158 Å². The van der Waals surface area contributed by atoms with Crippen molar-refractivity contribution < 1.29 is 55.4 Å². The molecule has 0 bridgehead atoms. The number of carbonyl (C=O) groups is 4. The average molecular weight is 1360 g/mol. The van der Waals surface area contributed by atoms with Gasteiger partial charge in [0.05, 0.1) is 46.7 Å². The Hall–Kier alpha value is -9.16. The molecule has 0 atom stereocenters. The molecule has 6 aromatic carbocycles. The van der Waals surface area contributed by atoms with Crippen LogP contribution in [0.2, 0.25) is 0 Å². The first kappa shape index (κ1) is 71.1. The highest BCUT2D eigenvalue weighted by Crippen LogP contribution is 2.37. The van der Waals surface area contributed by atoms with Crippen LogP contribution in [0.1, 0.15) is 126 Å². The highest BCUT2D eigenvalue weighted by molar-refractivity contribution is 7.98. The molecule has 2 aromatic heterocycles. The summed E-state index contributed by atoms with van der Waals surface area (Å²) < 4.78 is 84.6. The third kappa shape index (κ3) is 21.7. The van der Waals surface area contributed by atoms with Crippen molar-refractivity contribution >= 4 is 81.7 Å². The lowest BCUT2D eigenvalue weighted by Gasteiger charge is -2.29. The smallest absolute Gasteiger partial charge is 0.416 e. The van der Waals surface area contributed by atoms with Gasteiger partial charge in [-0.2, -0.15) is 49.9 Å². The van der Waals surface area contributed by atoms with Gasteiger partial charge in [-0.15, -0.1) is 0 Å². The zero-order valence-electron chi connectivity index (χ0n) is 53.5. The lowest BCUT2D eigenvalue weighted by molar-refractivity contribution is -0.154. The minimum atomic E-state index is -4.43. The minimum Gasteiger partial charge on any atom is -0.481 e. The van der Waals surface area contributed by atoms with Crippen LogP contribution in [0.25, 0.3) is 22.5 Å². The molecule has 504 valence electrons. The van der Waals surface area contributed by atoms with E-state index in [1.165, 1.54) is 49.4 Å². The molecule has 8 aromatic rings. The highest BCUT2D eigenvalue weighted by atomic mass is 32.2. The SMILES string of the molecule is CC(C)(C)OC(=O)CCSCc1cccc(C(=O)Nc2ccc(N3CCCCC3)cc2-c2cc(NCc3cccc(C(F)(F)F)c3)ncn2)c1.O=C(O)CCSCc1cccc(C(=O)Nc2ccc(N3CCCCC3)cc2-c2cc(NCc3cccc(C(F)(F)F)c3)ncn2)c1. The number of aromatic nitrogens is 4. The summed E-state index contributed by atoms with van der Waals surface area (Å²) in [6.45, 7) is 9.51. The van der Waals surface area contributed by atoms with E-state index in [0.717, 1.165) is 98.6 Å².